The molecule has 38 heavy (non-hydrogen) atoms. The molecule has 0 radical (unpaired) electrons. The molecule has 1 heterocycles. The van der Waals surface area contributed by atoms with Crippen LogP contribution < -0.4 is 10.8 Å². The Balaban J connectivity index is 1.59. The largest absolute Gasteiger partial charge is 0.392 e. The maximum absolute atomic E-state index is 12.1. The fourth-order valence-electron chi connectivity index (χ4n) is 4.38. The zero-order chi connectivity index (χ0) is 27.3. The van der Waals surface area contributed by atoms with Gasteiger partial charge in [0, 0.05) is 44.5 Å². The van der Waals surface area contributed by atoms with E-state index in [2.05, 4.69) is 16.8 Å². The summed E-state index contributed by atoms with van der Waals surface area (Å²) in [5, 5.41) is 20.8. The smallest absolute Gasteiger partial charge is 0.243 e. The Labute approximate surface area is 224 Å². The van der Waals surface area contributed by atoms with Gasteiger partial charge in [-0.15, -0.1) is 6.58 Å². The van der Waals surface area contributed by atoms with Gasteiger partial charge >= 0.3 is 0 Å². The lowest BCUT2D eigenvalue weighted by Crippen LogP contribution is -2.37. The van der Waals surface area contributed by atoms with Crippen LogP contribution >= 0.6 is 0 Å². The van der Waals surface area contributed by atoms with E-state index in [-0.39, 0.29) is 31.1 Å². The van der Waals surface area contributed by atoms with Gasteiger partial charge in [0.25, 0.3) is 0 Å². The van der Waals surface area contributed by atoms with Gasteiger partial charge in [-0.25, -0.2) is 5.48 Å². The average molecular weight is 526 g/mol. The van der Waals surface area contributed by atoms with Gasteiger partial charge in [0.2, 0.25) is 11.8 Å². The van der Waals surface area contributed by atoms with Crippen molar-refractivity contribution in [1.82, 2.24) is 15.7 Å². The lowest BCUT2D eigenvalue weighted by Gasteiger charge is -2.37. The Morgan fingerprint density at radius 3 is 2.26 bits per heavy atom. The highest BCUT2D eigenvalue weighted by Crippen LogP contribution is 2.38. The summed E-state index contributed by atoms with van der Waals surface area (Å²) in [5.41, 5.74) is 5.34. The summed E-state index contributed by atoms with van der Waals surface area (Å²) in [4.78, 5) is 25.3. The van der Waals surface area contributed by atoms with E-state index >= 15 is 0 Å². The highest BCUT2D eigenvalue weighted by atomic mass is 16.7. The van der Waals surface area contributed by atoms with E-state index in [4.69, 9.17) is 14.7 Å². The van der Waals surface area contributed by atoms with Crippen LogP contribution in [0.4, 0.5) is 0 Å². The van der Waals surface area contributed by atoms with Gasteiger partial charge in [-0.2, -0.15) is 0 Å². The van der Waals surface area contributed by atoms with Gasteiger partial charge < -0.3 is 24.8 Å². The third-order valence-corrected chi connectivity index (χ3v) is 6.49. The Morgan fingerprint density at radius 1 is 1.00 bits per heavy atom. The molecule has 0 bridgehead atoms. The van der Waals surface area contributed by atoms with Crippen LogP contribution in [0.5, 0.6) is 0 Å². The number of aliphatic hydroxyl groups is 1. The number of ether oxygens (including phenoxy) is 2. The normalized spacial score (nSPS) is 19.2. The van der Waals surface area contributed by atoms with Gasteiger partial charge in [-0.3, -0.25) is 14.8 Å². The van der Waals surface area contributed by atoms with E-state index in [9.17, 15) is 14.7 Å². The van der Waals surface area contributed by atoms with Gasteiger partial charge in [0.05, 0.1) is 18.8 Å². The molecule has 0 unspecified atom stereocenters. The summed E-state index contributed by atoms with van der Waals surface area (Å²) in [7, 11) is 2.04. The molecule has 9 heteroatoms. The summed E-state index contributed by atoms with van der Waals surface area (Å²) >= 11 is 0. The minimum Gasteiger partial charge on any atom is -0.392 e. The maximum Gasteiger partial charge on any atom is 0.243 e. The molecular formula is C29H39N3O6. The fraction of sp³-hybridized carbons (Fsp3) is 0.448. The van der Waals surface area contributed by atoms with E-state index in [1.54, 1.807) is 5.48 Å². The molecule has 3 rings (SSSR count). The first-order chi connectivity index (χ1) is 18.4. The summed E-state index contributed by atoms with van der Waals surface area (Å²) in [6, 6.07) is 15.6. The second kappa shape index (κ2) is 15.4. The number of amides is 2. The predicted octanol–water partition coefficient (Wildman–Crippen LogP) is 3.52. The molecule has 1 aliphatic rings. The number of hydrogen-bond donors (Lipinski definition) is 4. The summed E-state index contributed by atoms with van der Waals surface area (Å²) < 4.78 is 12.7. The highest BCUT2D eigenvalue weighted by Gasteiger charge is 2.32. The number of nitrogens with one attached hydrogen (secondary N) is 2. The number of hydroxylamine groups is 1. The van der Waals surface area contributed by atoms with E-state index in [0.29, 0.717) is 32.2 Å². The number of aliphatic hydroxyl groups excluding tert-OH is 1. The summed E-state index contributed by atoms with van der Waals surface area (Å²) in [5.74, 6) is -0.531. The fourth-order valence-corrected chi connectivity index (χ4v) is 4.38. The number of nitrogens with zero attached hydrogens (tertiary/aromatic N) is 1. The van der Waals surface area contributed by atoms with E-state index in [1.165, 1.54) is 0 Å². The quantitative estimate of drug-likeness (QED) is 0.129. The van der Waals surface area contributed by atoms with E-state index in [0.717, 1.165) is 35.3 Å². The van der Waals surface area contributed by atoms with Crippen LogP contribution in [0.25, 0.3) is 0 Å². The first kappa shape index (κ1) is 29.5. The van der Waals surface area contributed by atoms with E-state index < -0.39 is 12.2 Å². The number of rotatable bonds is 14. The van der Waals surface area contributed by atoms with Crippen molar-refractivity contribution < 1.29 is 29.4 Å². The molecule has 2 amide bonds. The third kappa shape index (κ3) is 9.34. The molecule has 1 fully saturated rings. The van der Waals surface area contributed by atoms with Crippen molar-refractivity contribution in [3.63, 3.8) is 0 Å². The Bertz CT molecular complexity index is 1030. The number of carbonyl (C=O) groups excluding carboxylic acids is 2. The second-order valence-corrected chi connectivity index (χ2v) is 9.62. The third-order valence-electron chi connectivity index (χ3n) is 6.49. The minimum atomic E-state index is -0.534. The summed E-state index contributed by atoms with van der Waals surface area (Å²) in [6.07, 6.45) is 3.48. The van der Waals surface area contributed by atoms with Crippen molar-refractivity contribution in [2.75, 3.05) is 20.1 Å². The lowest BCUT2D eigenvalue weighted by molar-refractivity contribution is -0.252. The molecule has 2 aromatic carbocycles. The van der Waals surface area contributed by atoms with Crippen molar-refractivity contribution in [2.45, 2.75) is 63.8 Å². The summed E-state index contributed by atoms with van der Waals surface area (Å²) in [6.45, 7) is 5.73. The molecule has 9 nitrogen and oxygen atoms in total. The Morgan fingerprint density at radius 2 is 1.63 bits per heavy atom. The van der Waals surface area contributed by atoms with Crippen LogP contribution in [0.2, 0.25) is 0 Å². The monoisotopic (exact) mass is 525 g/mol. The minimum absolute atomic E-state index is 0.00265. The first-order valence-electron chi connectivity index (χ1n) is 13.0. The number of likely N-dealkylation sites (N-methyl/N-ethyl adjacent to an activating group) is 1. The molecule has 1 aliphatic heterocycles. The highest BCUT2D eigenvalue weighted by molar-refractivity contribution is 5.76. The number of hydrogen-bond acceptors (Lipinski definition) is 7. The zero-order valence-corrected chi connectivity index (χ0v) is 22.0. The van der Waals surface area contributed by atoms with Crippen LogP contribution in [0.3, 0.4) is 0 Å². The van der Waals surface area contributed by atoms with Crippen molar-refractivity contribution in [1.29, 1.82) is 0 Å². The number of carbonyl (C=O) groups is 2. The number of benzene rings is 2. The molecule has 0 aliphatic carbocycles. The van der Waals surface area contributed by atoms with Crippen molar-refractivity contribution in [3.05, 3.63) is 83.4 Å². The molecule has 1 saturated heterocycles. The Hall–Kier alpha value is -3.08. The topological polar surface area (TPSA) is 120 Å². The van der Waals surface area contributed by atoms with Gasteiger partial charge in [0.15, 0.2) is 6.29 Å². The van der Waals surface area contributed by atoms with Crippen molar-refractivity contribution in [2.24, 2.45) is 0 Å². The molecule has 206 valence electrons. The second-order valence-electron chi connectivity index (χ2n) is 9.62. The molecule has 0 spiro atoms. The van der Waals surface area contributed by atoms with Gasteiger partial charge in [-0.05, 0) is 36.6 Å². The molecular weight excluding hydrogens is 486 g/mol. The molecule has 4 N–H and O–H groups in total. The van der Waals surface area contributed by atoms with Gasteiger partial charge in [-0.1, -0.05) is 54.6 Å². The predicted molar refractivity (Wildman–Crippen MR) is 143 cm³/mol. The Kier molecular flexibility index (Phi) is 11.9. The molecule has 0 aromatic heterocycles. The van der Waals surface area contributed by atoms with Gasteiger partial charge in [0.1, 0.15) is 0 Å². The standard InChI is InChI=1S/C29H39N3O6/c1-3-16-32(2)19-25-17-26(23-12-10-22(20-33)11-13-23)38-29(37-25)24-14-8-21(9-15-24)18-30-27(34)6-4-5-7-28(35)31-36/h3,8-15,25-26,29,33,36H,1,4-7,16-20H2,2H3,(H,30,34)(H,31,35)/t25-,26+,29+/m0/s1. The zero-order valence-electron chi connectivity index (χ0n) is 22.0. The van der Waals surface area contributed by atoms with Crippen LogP contribution in [-0.2, 0) is 32.2 Å². The maximum atomic E-state index is 12.1. The van der Waals surface area contributed by atoms with Crippen LogP contribution in [0.15, 0.2) is 61.2 Å². The molecule has 0 saturated carbocycles. The average Bonchev–Trinajstić information content (AvgIpc) is 2.94. The van der Waals surface area contributed by atoms with Crippen LogP contribution in [0, 0.1) is 0 Å². The van der Waals surface area contributed by atoms with Crippen molar-refractivity contribution in [3.8, 4) is 0 Å². The van der Waals surface area contributed by atoms with Crippen LogP contribution in [0.1, 0.15) is 66.8 Å². The van der Waals surface area contributed by atoms with Crippen molar-refractivity contribution >= 4 is 11.8 Å². The first-order valence-corrected chi connectivity index (χ1v) is 13.0. The molecule has 3 atom stereocenters. The van der Waals surface area contributed by atoms with Crippen LogP contribution in [-0.4, -0.2) is 53.3 Å². The number of unbranched alkanes of at least 4 members (excludes halogenated alkanes) is 1. The lowest BCUT2D eigenvalue weighted by atomic mass is 9.99. The molecule has 2 aromatic rings. The SMILES string of the molecule is C=CCN(C)C[C@@H]1C[C@H](c2ccc(CO)cc2)O[C@H](c2ccc(CNC(=O)CCCCC(=O)NO)cc2)O1. The van der Waals surface area contributed by atoms with E-state index in [1.807, 2.05) is 61.7 Å².